The predicted octanol–water partition coefficient (Wildman–Crippen LogP) is 2.53. The molecule has 0 aromatic heterocycles. The van der Waals surface area contributed by atoms with Gasteiger partial charge in [-0.05, 0) is 36.4 Å². The Labute approximate surface area is 160 Å². The van der Waals surface area contributed by atoms with E-state index < -0.39 is 23.7 Å². The molecule has 6 nitrogen and oxygen atoms in total. The largest absolute Gasteiger partial charge is 0.478 e. The number of nitrogens with zero attached hydrogens (tertiary/aromatic N) is 2. The maximum absolute atomic E-state index is 14.8. The van der Waals surface area contributed by atoms with Crippen molar-refractivity contribution < 1.29 is 23.8 Å². The number of aliphatic hydroxyl groups is 1. The van der Waals surface area contributed by atoms with Crippen molar-refractivity contribution in [2.75, 3.05) is 36.0 Å². The molecule has 28 heavy (non-hydrogen) atoms. The van der Waals surface area contributed by atoms with Crippen LogP contribution >= 0.6 is 0 Å². The molecular weight excluding hydrogens is 368 g/mol. The highest BCUT2D eigenvalue weighted by molar-refractivity contribution is 5.92. The van der Waals surface area contributed by atoms with Crippen molar-refractivity contribution in [1.29, 1.82) is 0 Å². The number of aliphatic hydroxyl groups excluding tert-OH is 1. The third-order valence-corrected chi connectivity index (χ3v) is 5.02. The molecule has 3 N–H and O–H groups in total. The van der Waals surface area contributed by atoms with Crippen LogP contribution in [0.5, 0.6) is 0 Å². The summed E-state index contributed by atoms with van der Waals surface area (Å²) < 4.78 is 28.2. The summed E-state index contributed by atoms with van der Waals surface area (Å²) in [5, 5.41) is 23.2. The number of nitrogens with one attached hydrogen (secondary N) is 1. The number of aliphatic carboxylic acids is 1. The molecular formula is C20H19F2N3O3. The zero-order valence-corrected chi connectivity index (χ0v) is 14.9. The van der Waals surface area contributed by atoms with E-state index in [0.29, 0.717) is 30.2 Å². The van der Waals surface area contributed by atoms with E-state index in [2.05, 4.69) is 5.32 Å². The van der Waals surface area contributed by atoms with Gasteiger partial charge in [-0.15, -0.1) is 0 Å². The van der Waals surface area contributed by atoms with Gasteiger partial charge in [-0.1, -0.05) is 0 Å². The first kappa shape index (κ1) is 18.4. The minimum atomic E-state index is -1.46. The zero-order chi connectivity index (χ0) is 19.8. The number of fused-ring (bicyclic) bond motifs is 1. The standard InChI is InChI=1S/C20H19F2N3O3/c21-12-1-3-13(4-2-12)25-11-15(20(27)28)19(26)14-9-16(22)18(10-17(14)25)24-7-5-23-6-8-24/h1-4,9-11,19,23,26H,5-8H2,(H,27,28). The van der Waals surface area contributed by atoms with Crippen LogP contribution in [0.4, 0.5) is 25.8 Å². The highest BCUT2D eigenvalue weighted by atomic mass is 19.1. The van der Waals surface area contributed by atoms with E-state index in [1.54, 1.807) is 6.07 Å². The number of benzene rings is 2. The summed E-state index contributed by atoms with van der Waals surface area (Å²) in [5.74, 6) is -2.26. The lowest BCUT2D eigenvalue weighted by molar-refractivity contribution is -0.133. The van der Waals surface area contributed by atoms with Gasteiger partial charge in [0.2, 0.25) is 0 Å². The SMILES string of the molecule is O=C(O)C1=CN(c2ccc(F)cc2)c2cc(N3CCNCC3)c(F)cc2C1O. The normalized spacial score (nSPS) is 19.2. The number of hydrogen-bond donors (Lipinski definition) is 3. The molecule has 146 valence electrons. The number of carboxylic acid groups (broad SMARTS) is 1. The average molecular weight is 387 g/mol. The molecule has 4 rings (SSSR count). The minimum absolute atomic E-state index is 0.153. The molecule has 8 heteroatoms. The van der Waals surface area contributed by atoms with Crippen LogP contribution in [0.1, 0.15) is 11.7 Å². The molecule has 1 saturated heterocycles. The molecule has 1 atom stereocenters. The van der Waals surface area contributed by atoms with Crippen molar-refractivity contribution in [3.05, 3.63) is 65.4 Å². The van der Waals surface area contributed by atoms with E-state index in [1.807, 2.05) is 4.90 Å². The van der Waals surface area contributed by atoms with Crippen LogP contribution in [-0.2, 0) is 4.79 Å². The maximum atomic E-state index is 14.8. The summed E-state index contributed by atoms with van der Waals surface area (Å²) in [5.41, 5.74) is 1.21. The maximum Gasteiger partial charge on any atom is 0.336 e. The van der Waals surface area contributed by atoms with Crippen molar-refractivity contribution in [2.45, 2.75) is 6.10 Å². The molecule has 0 bridgehead atoms. The average Bonchev–Trinajstić information content (AvgIpc) is 2.69. The molecule has 2 aromatic rings. The number of rotatable bonds is 3. The van der Waals surface area contributed by atoms with Gasteiger partial charge in [-0.2, -0.15) is 0 Å². The van der Waals surface area contributed by atoms with E-state index in [-0.39, 0.29) is 11.1 Å². The van der Waals surface area contributed by atoms with E-state index in [9.17, 15) is 23.8 Å². The topological polar surface area (TPSA) is 76.0 Å². The van der Waals surface area contributed by atoms with Crippen molar-refractivity contribution in [3.8, 4) is 0 Å². The number of hydrogen-bond acceptors (Lipinski definition) is 5. The Bertz CT molecular complexity index is 940. The van der Waals surface area contributed by atoms with Gasteiger partial charge in [-0.3, -0.25) is 0 Å². The zero-order valence-electron chi connectivity index (χ0n) is 14.9. The second-order valence-corrected chi connectivity index (χ2v) is 6.74. The summed E-state index contributed by atoms with van der Waals surface area (Å²) in [6.07, 6.45) is -0.169. The van der Waals surface area contributed by atoms with E-state index in [1.165, 1.54) is 41.4 Å². The number of piperazine rings is 1. The van der Waals surface area contributed by atoms with Crippen LogP contribution < -0.4 is 15.1 Å². The lowest BCUT2D eigenvalue weighted by Crippen LogP contribution is -2.44. The second kappa shape index (κ2) is 7.21. The fraction of sp³-hybridized carbons (Fsp3) is 0.250. The molecule has 2 aliphatic heterocycles. The summed E-state index contributed by atoms with van der Waals surface area (Å²) in [7, 11) is 0. The molecule has 2 aromatic carbocycles. The van der Waals surface area contributed by atoms with Crippen molar-refractivity contribution in [1.82, 2.24) is 5.32 Å². The molecule has 2 aliphatic rings. The van der Waals surface area contributed by atoms with Gasteiger partial charge in [-0.25, -0.2) is 13.6 Å². The van der Waals surface area contributed by atoms with Crippen molar-refractivity contribution >= 4 is 23.0 Å². The molecule has 0 spiro atoms. The lowest BCUT2D eigenvalue weighted by Gasteiger charge is -2.35. The van der Waals surface area contributed by atoms with Crippen LogP contribution in [0.15, 0.2) is 48.2 Å². The summed E-state index contributed by atoms with van der Waals surface area (Å²) in [6.45, 7) is 2.71. The predicted molar refractivity (Wildman–Crippen MR) is 101 cm³/mol. The van der Waals surface area contributed by atoms with Gasteiger partial charge in [0.05, 0.1) is 16.9 Å². The summed E-state index contributed by atoms with van der Waals surface area (Å²) in [4.78, 5) is 15.0. The quantitative estimate of drug-likeness (QED) is 0.752. The van der Waals surface area contributed by atoms with Gasteiger partial charge in [0.1, 0.15) is 17.7 Å². The number of anilines is 3. The van der Waals surface area contributed by atoms with Crippen molar-refractivity contribution in [3.63, 3.8) is 0 Å². The van der Waals surface area contributed by atoms with E-state index in [0.717, 1.165) is 13.1 Å². The molecule has 0 saturated carbocycles. The number of carboxylic acids is 1. The fourth-order valence-electron chi connectivity index (χ4n) is 3.58. The molecule has 0 aliphatic carbocycles. The summed E-state index contributed by atoms with van der Waals surface area (Å²) in [6, 6.07) is 8.31. The highest BCUT2D eigenvalue weighted by Crippen LogP contribution is 2.43. The first-order valence-electron chi connectivity index (χ1n) is 8.92. The van der Waals surface area contributed by atoms with Crippen molar-refractivity contribution in [2.24, 2.45) is 0 Å². The first-order valence-corrected chi connectivity index (χ1v) is 8.92. The fourth-order valence-corrected chi connectivity index (χ4v) is 3.58. The highest BCUT2D eigenvalue weighted by Gasteiger charge is 2.32. The minimum Gasteiger partial charge on any atom is -0.478 e. The van der Waals surface area contributed by atoms with Gasteiger partial charge >= 0.3 is 5.97 Å². The van der Waals surface area contributed by atoms with Gasteiger partial charge in [0.25, 0.3) is 0 Å². The molecule has 0 amide bonds. The lowest BCUT2D eigenvalue weighted by atomic mass is 9.94. The first-order chi connectivity index (χ1) is 13.5. The Kier molecular flexibility index (Phi) is 4.74. The Morgan fingerprint density at radius 3 is 2.39 bits per heavy atom. The van der Waals surface area contributed by atoms with Crippen LogP contribution in [0, 0.1) is 11.6 Å². The monoisotopic (exact) mass is 387 g/mol. The van der Waals surface area contributed by atoms with Crippen LogP contribution in [0.2, 0.25) is 0 Å². The van der Waals surface area contributed by atoms with Crippen LogP contribution in [-0.4, -0.2) is 42.4 Å². The smallest absolute Gasteiger partial charge is 0.336 e. The second-order valence-electron chi connectivity index (χ2n) is 6.74. The van der Waals surface area contributed by atoms with Gasteiger partial charge in [0, 0.05) is 43.6 Å². The third kappa shape index (κ3) is 3.21. The van der Waals surface area contributed by atoms with Crippen LogP contribution in [0.25, 0.3) is 0 Å². The Morgan fingerprint density at radius 2 is 1.75 bits per heavy atom. The summed E-state index contributed by atoms with van der Waals surface area (Å²) >= 11 is 0. The molecule has 0 radical (unpaired) electrons. The van der Waals surface area contributed by atoms with E-state index >= 15 is 0 Å². The van der Waals surface area contributed by atoms with E-state index in [4.69, 9.17) is 0 Å². The third-order valence-electron chi connectivity index (χ3n) is 5.02. The van der Waals surface area contributed by atoms with Gasteiger partial charge in [0.15, 0.2) is 0 Å². The molecule has 1 unspecified atom stereocenters. The Morgan fingerprint density at radius 1 is 1.07 bits per heavy atom. The Hall–Kier alpha value is -2.97. The van der Waals surface area contributed by atoms with Crippen LogP contribution in [0.3, 0.4) is 0 Å². The number of halogens is 2. The van der Waals surface area contributed by atoms with Gasteiger partial charge < -0.3 is 25.3 Å². The molecule has 1 fully saturated rings. The Balaban J connectivity index is 1.86. The number of carbonyl (C=O) groups is 1. The molecule has 2 heterocycles.